The summed E-state index contributed by atoms with van der Waals surface area (Å²) in [6, 6.07) is 13.4. The van der Waals surface area contributed by atoms with Gasteiger partial charge in [-0.05, 0) is 38.0 Å². The number of aliphatic imine (C=N–C) groups is 1. The molecule has 30 heavy (non-hydrogen) atoms. The Morgan fingerprint density at radius 1 is 1.10 bits per heavy atom. The quantitative estimate of drug-likeness (QED) is 0.431. The lowest BCUT2D eigenvalue weighted by Gasteiger charge is -2.11. The average molecular weight is 424 g/mol. The Labute approximate surface area is 181 Å². The van der Waals surface area contributed by atoms with E-state index in [0.717, 1.165) is 47.3 Å². The van der Waals surface area contributed by atoms with Crippen molar-refractivity contribution in [2.45, 2.75) is 40.3 Å². The minimum Gasteiger partial charge on any atom is -0.357 e. The number of guanidine groups is 1. The highest BCUT2D eigenvalue weighted by Crippen LogP contribution is 2.16. The molecule has 3 aromatic rings. The zero-order valence-electron chi connectivity index (χ0n) is 17.8. The molecule has 6 nitrogen and oxygen atoms in total. The molecule has 0 radical (unpaired) electrons. The van der Waals surface area contributed by atoms with Crippen LogP contribution in [0.5, 0.6) is 0 Å². The first kappa shape index (κ1) is 21.8. The summed E-state index contributed by atoms with van der Waals surface area (Å²) >= 11 is 1.76. The molecule has 0 aliphatic carbocycles. The van der Waals surface area contributed by atoms with Crippen LogP contribution < -0.4 is 16.2 Å². The molecule has 0 bridgehead atoms. The number of aryl methyl sites for hydroxylation is 2. The van der Waals surface area contributed by atoms with Gasteiger partial charge >= 0.3 is 0 Å². The summed E-state index contributed by atoms with van der Waals surface area (Å²) in [5.74, 6) is 0.808. The third-order valence-electron chi connectivity index (χ3n) is 4.74. The molecule has 2 N–H and O–H groups in total. The van der Waals surface area contributed by atoms with E-state index < -0.39 is 0 Å². The third-order valence-corrected chi connectivity index (χ3v) is 5.88. The normalized spacial score (nSPS) is 11.5. The highest BCUT2D eigenvalue weighted by Gasteiger charge is 2.04. The predicted molar refractivity (Wildman–Crippen MR) is 124 cm³/mol. The second-order valence-corrected chi connectivity index (χ2v) is 8.39. The van der Waals surface area contributed by atoms with Crippen molar-refractivity contribution < 1.29 is 0 Å². The molecule has 0 amide bonds. The number of aromatic nitrogens is 2. The molecule has 0 unspecified atom stereocenters. The highest BCUT2D eigenvalue weighted by atomic mass is 32.1. The van der Waals surface area contributed by atoms with Crippen molar-refractivity contribution in [3.63, 3.8) is 0 Å². The molecule has 1 aromatic carbocycles. The lowest BCUT2D eigenvalue weighted by Crippen LogP contribution is -2.38. The predicted octanol–water partition coefficient (Wildman–Crippen LogP) is 3.27. The van der Waals surface area contributed by atoms with Gasteiger partial charge in [0.05, 0.1) is 23.8 Å². The van der Waals surface area contributed by atoms with Gasteiger partial charge in [-0.15, -0.1) is 11.3 Å². The van der Waals surface area contributed by atoms with Crippen molar-refractivity contribution in [1.82, 2.24) is 20.2 Å². The lowest BCUT2D eigenvalue weighted by atomic mass is 10.1. The van der Waals surface area contributed by atoms with E-state index >= 15 is 0 Å². The SMILES string of the molecule is CCNC(=NCc1ccc(Cn2ccccc2=O)cc1)NCCc1nc(C)c(C)s1. The molecule has 2 aromatic heterocycles. The molecule has 0 aliphatic rings. The van der Waals surface area contributed by atoms with E-state index in [-0.39, 0.29) is 5.56 Å². The van der Waals surface area contributed by atoms with E-state index in [0.29, 0.717) is 13.1 Å². The number of rotatable bonds is 8. The second-order valence-electron chi connectivity index (χ2n) is 7.10. The van der Waals surface area contributed by atoms with Gasteiger partial charge < -0.3 is 15.2 Å². The fourth-order valence-corrected chi connectivity index (χ4v) is 3.92. The minimum absolute atomic E-state index is 0.00982. The van der Waals surface area contributed by atoms with Crippen LogP contribution in [0.1, 0.15) is 33.6 Å². The number of thiazole rings is 1. The van der Waals surface area contributed by atoms with Crippen LogP contribution in [0.3, 0.4) is 0 Å². The maximum atomic E-state index is 11.9. The Balaban J connectivity index is 1.54. The van der Waals surface area contributed by atoms with E-state index in [1.54, 1.807) is 28.0 Å². The summed E-state index contributed by atoms with van der Waals surface area (Å²) in [5, 5.41) is 7.83. The molecule has 0 fully saturated rings. The molecule has 2 heterocycles. The van der Waals surface area contributed by atoms with Crippen LogP contribution in [0.2, 0.25) is 0 Å². The first-order chi connectivity index (χ1) is 14.5. The molecule has 0 saturated heterocycles. The molecule has 7 heteroatoms. The zero-order valence-corrected chi connectivity index (χ0v) is 18.6. The highest BCUT2D eigenvalue weighted by molar-refractivity contribution is 7.11. The Morgan fingerprint density at radius 2 is 1.87 bits per heavy atom. The van der Waals surface area contributed by atoms with Crippen LogP contribution in [0.25, 0.3) is 0 Å². The summed E-state index contributed by atoms with van der Waals surface area (Å²) < 4.78 is 1.70. The van der Waals surface area contributed by atoms with Crippen LogP contribution in [-0.4, -0.2) is 28.6 Å². The van der Waals surface area contributed by atoms with Gasteiger partial charge in [-0.3, -0.25) is 4.79 Å². The van der Waals surface area contributed by atoms with Crippen molar-refractivity contribution in [2.75, 3.05) is 13.1 Å². The van der Waals surface area contributed by atoms with E-state index in [1.807, 2.05) is 12.3 Å². The molecular weight excluding hydrogens is 394 g/mol. The summed E-state index contributed by atoms with van der Waals surface area (Å²) in [6.45, 7) is 9.00. The molecule has 3 rings (SSSR count). The number of hydrogen-bond acceptors (Lipinski definition) is 4. The molecule has 0 aliphatic heterocycles. The van der Waals surface area contributed by atoms with Crippen molar-refractivity contribution in [3.8, 4) is 0 Å². The Kier molecular flexibility index (Phi) is 7.79. The van der Waals surface area contributed by atoms with Crippen molar-refractivity contribution in [3.05, 3.63) is 85.7 Å². The lowest BCUT2D eigenvalue weighted by molar-refractivity contribution is 0.759. The standard InChI is InChI=1S/C23H29N5OS/c1-4-24-23(25-13-12-21-27-17(2)18(3)30-21)26-15-19-8-10-20(11-9-19)16-28-14-6-5-7-22(28)29/h5-11,14H,4,12-13,15-16H2,1-3H3,(H2,24,25,26). The van der Waals surface area contributed by atoms with Crippen molar-refractivity contribution >= 4 is 17.3 Å². The van der Waals surface area contributed by atoms with Crippen molar-refractivity contribution in [1.29, 1.82) is 0 Å². The fraction of sp³-hybridized carbons (Fsp3) is 0.348. The zero-order chi connectivity index (χ0) is 21.3. The molecule has 0 spiro atoms. The molecule has 0 saturated carbocycles. The van der Waals surface area contributed by atoms with Gasteiger partial charge in [0.25, 0.3) is 5.56 Å². The van der Waals surface area contributed by atoms with Gasteiger partial charge in [0.15, 0.2) is 5.96 Å². The van der Waals surface area contributed by atoms with Gasteiger partial charge in [0.2, 0.25) is 0 Å². The van der Waals surface area contributed by atoms with E-state index in [1.165, 1.54) is 4.88 Å². The first-order valence-electron chi connectivity index (χ1n) is 10.2. The number of pyridine rings is 1. The number of benzene rings is 1. The Morgan fingerprint density at radius 3 is 2.53 bits per heavy atom. The molecule has 158 valence electrons. The monoisotopic (exact) mass is 423 g/mol. The van der Waals surface area contributed by atoms with Gasteiger partial charge in [-0.25, -0.2) is 9.98 Å². The Bertz CT molecular complexity index is 1020. The fourth-order valence-electron chi connectivity index (χ4n) is 2.98. The van der Waals surface area contributed by atoms with Gasteiger partial charge in [0.1, 0.15) is 0 Å². The molecule has 0 atom stereocenters. The second kappa shape index (κ2) is 10.7. The average Bonchev–Trinajstić information content (AvgIpc) is 3.06. The summed E-state index contributed by atoms with van der Waals surface area (Å²) in [5.41, 5.74) is 3.35. The topological polar surface area (TPSA) is 71.3 Å². The largest absolute Gasteiger partial charge is 0.357 e. The van der Waals surface area contributed by atoms with Crippen LogP contribution in [0.15, 0.2) is 58.4 Å². The van der Waals surface area contributed by atoms with Crippen LogP contribution in [0.4, 0.5) is 0 Å². The first-order valence-corrected chi connectivity index (χ1v) is 11.0. The third kappa shape index (κ3) is 6.29. The van der Waals surface area contributed by atoms with Crippen molar-refractivity contribution in [2.24, 2.45) is 4.99 Å². The number of nitrogens with one attached hydrogen (secondary N) is 2. The van der Waals surface area contributed by atoms with Gasteiger partial charge in [-0.1, -0.05) is 30.3 Å². The van der Waals surface area contributed by atoms with Crippen LogP contribution in [-0.2, 0) is 19.5 Å². The summed E-state index contributed by atoms with van der Waals surface area (Å²) in [7, 11) is 0. The summed E-state index contributed by atoms with van der Waals surface area (Å²) in [6.07, 6.45) is 2.69. The van der Waals surface area contributed by atoms with E-state index in [9.17, 15) is 4.79 Å². The smallest absolute Gasteiger partial charge is 0.250 e. The Hall–Kier alpha value is -2.93. The van der Waals surface area contributed by atoms with Gasteiger partial charge in [0, 0.05) is 36.7 Å². The minimum atomic E-state index is 0.00982. The number of hydrogen-bond donors (Lipinski definition) is 2. The molecular formula is C23H29N5OS. The van der Waals surface area contributed by atoms with E-state index in [2.05, 4.69) is 65.6 Å². The summed E-state index contributed by atoms with van der Waals surface area (Å²) in [4.78, 5) is 22.4. The number of nitrogens with zero attached hydrogens (tertiary/aromatic N) is 3. The maximum Gasteiger partial charge on any atom is 0.250 e. The van der Waals surface area contributed by atoms with Crippen LogP contribution >= 0.6 is 11.3 Å². The maximum absolute atomic E-state index is 11.9. The van der Waals surface area contributed by atoms with Gasteiger partial charge in [-0.2, -0.15) is 0 Å². The van der Waals surface area contributed by atoms with E-state index in [4.69, 9.17) is 0 Å². The van der Waals surface area contributed by atoms with Crippen LogP contribution in [0, 0.1) is 13.8 Å².